The first-order valence-corrected chi connectivity index (χ1v) is 28.7. The second kappa shape index (κ2) is 37.4. The fourth-order valence-electron chi connectivity index (χ4n) is 9.14. The molecule has 0 amide bonds. The van der Waals surface area contributed by atoms with Gasteiger partial charge in [-0.05, 0) is 86.3 Å². The molecule has 78 heavy (non-hydrogen) atoms. The second-order valence-corrected chi connectivity index (χ2v) is 20.3. The topological polar surface area (TPSA) is 32.1 Å². The van der Waals surface area contributed by atoms with Crippen LogP contribution in [0.5, 0.6) is 17.2 Å². The molecule has 4 rings (SSSR count). The summed E-state index contributed by atoms with van der Waals surface area (Å²) in [6, 6.07) is 17.3. The Labute approximate surface area is 457 Å². The maximum Gasteiger partial charge on any atom is 0.864 e. The minimum Gasteiger partial charge on any atom is -0.490 e. The van der Waals surface area contributed by atoms with Crippen molar-refractivity contribution in [3.63, 3.8) is 0 Å². The van der Waals surface area contributed by atoms with Crippen LogP contribution in [0.25, 0.3) is 0 Å². The van der Waals surface area contributed by atoms with Crippen molar-refractivity contribution in [1.82, 2.24) is 0 Å². The molecule has 4 nitrogen and oxygen atoms in total. The zero-order valence-electron chi connectivity index (χ0n) is 45.9. The van der Waals surface area contributed by atoms with E-state index in [1.807, 2.05) is 0 Å². The molecule has 4 aromatic rings. The lowest BCUT2D eigenvalue weighted by Crippen LogP contribution is -3.07. The van der Waals surface area contributed by atoms with E-state index >= 15 is 0 Å². The molecule has 0 saturated heterocycles. The van der Waals surface area contributed by atoms with E-state index in [0.29, 0.717) is 13.1 Å². The fraction of sp³-hybridized carbons (Fsp3) is 0.607. The molecule has 4 aromatic carbocycles. The highest BCUT2D eigenvalue weighted by molar-refractivity contribution is 6.39. The highest BCUT2D eigenvalue weighted by Crippen LogP contribution is 2.36. The van der Waals surface area contributed by atoms with Crippen LogP contribution in [0.1, 0.15) is 222 Å². The summed E-state index contributed by atoms with van der Waals surface area (Å²) in [4.78, 5) is 0.779. The van der Waals surface area contributed by atoms with Crippen LogP contribution in [-0.2, 0) is 24.7 Å². The SMILES string of the molecule is CCCCCCCCCCCCCCCCCCCC[NH+](CCCCCCCCCCCCC)c1cc(C(F)(F)F)ccc1OB(Oc1ccc(C(F)(F)F)cc1)Oc1ccc(C(F)(F)F)cc1.FC(F)(F)c1cc[c-]cc1. The predicted octanol–water partition coefficient (Wildman–Crippen LogP) is 20.6. The maximum atomic E-state index is 14.3. The van der Waals surface area contributed by atoms with Crippen molar-refractivity contribution in [3.05, 3.63) is 119 Å². The van der Waals surface area contributed by atoms with Gasteiger partial charge < -0.3 is 14.0 Å². The van der Waals surface area contributed by atoms with Gasteiger partial charge in [0.25, 0.3) is 0 Å². The average Bonchev–Trinajstić information content (AvgIpc) is 3.40. The van der Waals surface area contributed by atoms with Crippen molar-refractivity contribution in [2.24, 2.45) is 0 Å². The van der Waals surface area contributed by atoms with Crippen LogP contribution in [0, 0.1) is 6.07 Å². The van der Waals surface area contributed by atoms with Gasteiger partial charge in [-0.1, -0.05) is 180 Å². The first kappa shape index (κ1) is 67.7. The third-order valence-electron chi connectivity index (χ3n) is 13.7. The summed E-state index contributed by atoms with van der Waals surface area (Å²) in [7, 11) is -1.81. The number of nitrogens with one attached hydrogen (secondary N) is 1. The van der Waals surface area contributed by atoms with Crippen LogP contribution in [0.4, 0.5) is 58.4 Å². The van der Waals surface area contributed by atoms with Crippen LogP contribution < -0.4 is 18.9 Å². The van der Waals surface area contributed by atoms with E-state index in [4.69, 9.17) is 14.0 Å². The molecule has 438 valence electrons. The summed E-state index contributed by atoms with van der Waals surface area (Å²) in [5, 5.41) is 0. The lowest BCUT2D eigenvalue weighted by atomic mass is 10.0. The lowest BCUT2D eigenvalue weighted by Gasteiger charge is -2.24. The molecule has 1 N–H and O–H groups in total. The molecule has 0 aromatic heterocycles. The van der Waals surface area contributed by atoms with E-state index in [9.17, 15) is 52.7 Å². The van der Waals surface area contributed by atoms with Crippen molar-refractivity contribution >= 4 is 13.0 Å². The number of hydrogen-bond acceptors (Lipinski definition) is 3. The van der Waals surface area contributed by atoms with E-state index in [2.05, 4.69) is 19.9 Å². The number of alkyl halides is 12. The predicted molar refractivity (Wildman–Crippen MR) is 288 cm³/mol. The molecule has 17 heteroatoms. The normalized spacial score (nSPS) is 12.5. The molecule has 1 atom stereocenters. The quantitative estimate of drug-likeness (QED) is 0.0210. The molecule has 0 heterocycles. The Balaban J connectivity index is 0.00000143. The highest BCUT2D eigenvalue weighted by Gasteiger charge is 2.38. The molecule has 1 unspecified atom stereocenters. The van der Waals surface area contributed by atoms with E-state index < -0.39 is 54.3 Å². The van der Waals surface area contributed by atoms with Gasteiger partial charge in [0.15, 0.2) is 11.4 Å². The molecular formula is C61H84BF12NO3. The summed E-state index contributed by atoms with van der Waals surface area (Å²) in [6.07, 6.45) is 16.1. The Kier molecular flexibility index (Phi) is 32.5. The lowest BCUT2D eigenvalue weighted by molar-refractivity contribution is -0.833. The number of hydrogen-bond donors (Lipinski definition) is 1. The van der Waals surface area contributed by atoms with Crippen LogP contribution in [0.3, 0.4) is 0 Å². The van der Waals surface area contributed by atoms with Crippen LogP contribution in [0.15, 0.2) is 91.0 Å². The van der Waals surface area contributed by atoms with Gasteiger partial charge in [-0.15, -0.1) is 0 Å². The molecule has 0 fully saturated rings. The van der Waals surface area contributed by atoms with Gasteiger partial charge in [0.05, 0.1) is 29.8 Å². The van der Waals surface area contributed by atoms with Crippen molar-refractivity contribution < 1.29 is 71.5 Å². The Morgan fingerprint density at radius 1 is 0.346 bits per heavy atom. The van der Waals surface area contributed by atoms with Gasteiger partial charge >= 0.3 is 32.0 Å². The molecule has 0 bridgehead atoms. The van der Waals surface area contributed by atoms with Crippen molar-refractivity contribution in [1.29, 1.82) is 0 Å². The largest absolute Gasteiger partial charge is 0.864 e. The first-order valence-electron chi connectivity index (χ1n) is 28.7. The van der Waals surface area contributed by atoms with Crippen molar-refractivity contribution in [3.8, 4) is 17.2 Å². The number of halogens is 12. The molecule has 0 spiro atoms. The summed E-state index contributed by atoms with van der Waals surface area (Å²) < 4.78 is 176. The Morgan fingerprint density at radius 3 is 0.923 bits per heavy atom. The van der Waals surface area contributed by atoms with Gasteiger partial charge in [0, 0.05) is 6.07 Å². The Bertz CT molecular complexity index is 2060. The monoisotopic (exact) mass is 1120 g/mol. The highest BCUT2D eigenvalue weighted by atomic mass is 19.4. The molecule has 0 aliphatic heterocycles. The number of benzene rings is 4. The zero-order valence-corrected chi connectivity index (χ0v) is 45.9. The average molecular weight is 1120 g/mol. The minimum atomic E-state index is -4.67. The molecule has 0 saturated carbocycles. The Morgan fingerprint density at radius 2 is 0.628 bits per heavy atom. The van der Waals surface area contributed by atoms with Gasteiger partial charge in [0.2, 0.25) is 0 Å². The van der Waals surface area contributed by atoms with E-state index in [1.54, 1.807) is 0 Å². The van der Waals surface area contributed by atoms with E-state index in [1.165, 1.54) is 140 Å². The zero-order chi connectivity index (χ0) is 57.1. The minimum absolute atomic E-state index is 0.0118. The van der Waals surface area contributed by atoms with E-state index in [-0.39, 0.29) is 22.9 Å². The molecule has 0 radical (unpaired) electrons. The molecular weight excluding hydrogens is 1030 g/mol. The van der Waals surface area contributed by atoms with Gasteiger partial charge in [-0.25, -0.2) is 0 Å². The smallest absolute Gasteiger partial charge is 0.490 e. The summed E-state index contributed by atoms with van der Waals surface area (Å²) in [6.45, 7) is 5.50. The number of quaternary nitrogens is 1. The maximum absolute atomic E-state index is 14.3. The number of rotatable bonds is 38. The number of unbranched alkanes of at least 4 members (excludes halogenated alkanes) is 27. The third kappa shape index (κ3) is 29.6. The molecule has 0 aliphatic rings. The van der Waals surface area contributed by atoms with Crippen LogP contribution in [0.2, 0.25) is 0 Å². The van der Waals surface area contributed by atoms with Crippen LogP contribution in [-0.4, -0.2) is 20.4 Å². The van der Waals surface area contributed by atoms with Gasteiger partial charge in [-0.3, -0.25) is 4.90 Å². The second-order valence-electron chi connectivity index (χ2n) is 20.3. The van der Waals surface area contributed by atoms with E-state index in [0.717, 1.165) is 142 Å². The van der Waals surface area contributed by atoms with Gasteiger partial charge in [0.1, 0.15) is 11.5 Å². The molecule has 0 aliphatic carbocycles. The summed E-state index contributed by atoms with van der Waals surface area (Å²) >= 11 is 0. The third-order valence-corrected chi connectivity index (χ3v) is 13.7. The summed E-state index contributed by atoms with van der Waals surface area (Å²) in [5.74, 6) is -0.276. The standard InChI is InChI=1S/C54H79BF9NO3.C7H4F3/c1-3-5-7-9-11-13-15-16-17-18-19-20-21-23-25-27-29-31-43-65(42-30-28-26-24-22-14-12-10-8-6-4-2)50-44-47(54(62,63)64)36-41-51(50)68-55(66-48-37-32-45(33-38-48)52(56,57)58)67-49-39-34-46(35-40-49)53(59,60)61;8-7(9,10)6-4-2-1-3-5-6/h32-41,44H,3-31,42-43H2,1-2H3;2-5H/q;-1/p+1. The van der Waals surface area contributed by atoms with Crippen molar-refractivity contribution in [2.75, 3.05) is 13.1 Å². The fourth-order valence-corrected chi connectivity index (χ4v) is 9.14. The Hall–Kier alpha value is -4.54. The van der Waals surface area contributed by atoms with Crippen LogP contribution >= 0.6 is 0 Å². The van der Waals surface area contributed by atoms with Gasteiger partial charge in [-0.2, -0.15) is 83.0 Å². The van der Waals surface area contributed by atoms with Crippen molar-refractivity contribution in [2.45, 2.75) is 225 Å². The first-order chi connectivity index (χ1) is 37.2. The summed E-state index contributed by atoms with van der Waals surface area (Å²) in [5.41, 5.74) is -3.19.